The van der Waals surface area contributed by atoms with Gasteiger partial charge in [0.2, 0.25) is 6.71 Å². The zero-order chi connectivity index (χ0) is 13.0. The van der Waals surface area contributed by atoms with Crippen molar-refractivity contribution in [2.75, 3.05) is 0 Å². The first kappa shape index (κ1) is 12.7. The SMILES string of the molecule is C=CCB(c1ccc(C)cc1)c1ccccc1C. The van der Waals surface area contributed by atoms with Crippen LogP contribution in [0.3, 0.4) is 0 Å². The van der Waals surface area contributed by atoms with E-state index in [1.165, 1.54) is 22.1 Å². The Kier molecular flexibility index (Phi) is 4.04. The van der Waals surface area contributed by atoms with Crippen molar-refractivity contribution in [2.45, 2.75) is 20.2 Å². The Labute approximate surface area is 110 Å². The van der Waals surface area contributed by atoms with Gasteiger partial charge in [0.1, 0.15) is 0 Å². The number of aryl methyl sites for hydroxylation is 2. The van der Waals surface area contributed by atoms with Crippen molar-refractivity contribution in [3.8, 4) is 0 Å². The summed E-state index contributed by atoms with van der Waals surface area (Å²) in [6, 6.07) is 17.5. The fraction of sp³-hybridized carbons (Fsp3) is 0.176. The molecule has 0 heterocycles. The minimum Gasteiger partial charge on any atom is -0.104 e. The zero-order valence-corrected chi connectivity index (χ0v) is 11.2. The molecule has 0 spiro atoms. The van der Waals surface area contributed by atoms with Crippen LogP contribution >= 0.6 is 0 Å². The van der Waals surface area contributed by atoms with Crippen LogP contribution in [0, 0.1) is 13.8 Å². The normalized spacial score (nSPS) is 10.1. The quantitative estimate of drug-likeness (QED) is 0.563. The minimum absolute atomic E-state index is 0.421. The molecule has 0 unspecified atom stereocenters. The standard InChI is InChI=1S/C17H19B/c1-4-13-18(16-11-9-14(2)10-12-16)17-8-6-5-7-15(17)3/h4-12H,1,13H2,2-3H3. The summed E-state index contributed by atoms with van der Waals surface area (Å²) in [5.41, 5.74) is 5.43. The lowest BCUT2D eigenvalue weighted by atomic mass is 9.38. The van der Waals surface area contributed by atoms with E-state index in [9.17, 15) is 0 Å². The summed E-state index contributed by atoms with van der Waals surface area (Å²) in [6.45, 7) is 8.62. The van der Waals surface area contributed by atoms with E-state index in [0.717, 1.165) is 6.32 Å². The average Bonchev–Trinajstić information content (AvgIpc) is 2.38. The molecule has 0 nitrogen and oxygen atoms in total. The molecular weight excluding hydrogens is 215 g/mol. The van der Waals surface area contributed by atoms with E-state index in [1.807, 2.05) is 6.08 Å². The molecule has 2 rings (SSSR count). The van der Waals surface area contributed by atoms with Crippen LogP contribution in [0.5, 0.6) is 0 Å². The predicted octanol–water partition coefficient (Wildman–Crippen LogP) is 3.10. The molecule has 0 aliphatic rings. The molecule has 0 bridgehead atoms. The van der Waals surface area contributed by atoms with Gasteiger partial charge in [-0.2, -0.15) is 0 Å². The lowest BCUT2D eigenvalue weighted by Gasteiger charge is -2.15. The van der Waals surface area contributed by atoms with Crippen molar-refractivity contribution in [1.82, 2.24) is 0 Å². The van der Waals surface area contributed by atoms with Crippen LogP contribution < -0.4 is 10.9 Å². The minimum atomic E-state index is 0.421. The van der Waals surface area contributed by atoms with Crippen LogP contribution in [0.2, 0.25) is 6.32 Å². The number of rotatable bonds is 4. The highest BCUT2D eigenvalue weighted by molar-refractivity contribution is 6.85. The monoisotopic (exact) mass is 234 g/mol. The summed E-state index contributed by atoms with van der Waals surface area (Å²) in [5, 5.41) is 0. The van der Waals surface area contributed by atoms with E-state index < -0.39 is 0 Å². The summed E-state index contributed by atoms with van der Waals surface area (Å²) in [6.07, 6.45) is 2.99. The van der Waals surface area contributed by atoms with Gasteiger partial charge in [0.05, 0.1) is 0 Å². The largest absolute Gasteiger partial charge is 0.213 e. The Morgan fingerprint density at radius 1 is 1.00 bits per heavy atom. The van der Waals surface area contributed by atoms with Crippen molar-refractivity contribution in [3.05, 3.63) is 72.3 Å². The number of hydrogen-bond donors (Lipinski definition) is 0. The highest BCUT2D eigenvalue weighted by Crippen LogP contribution is 2.03. The summed E-state index contributed by atoms with van der Waals surface area (Å²) in [4.78, 5) is 0. The molecule has 90 valence electrons. The molecule has 18 heavy (non-hydrogen) atoms. The first-order valence-electron chi connectivity index (χ1n) is 6.45. The molecule has 0 saturated carbocycles. The van der Waals surface area contributed by atoms with Crippen molar-refractivity contribution >= 4 is 17.6 Å². The summed E-state index contributed by atoms with van der Waals surface area (Å²) in [5.74, 6) is 0. The molecule has 0 saturated heterocycles. The van der Waals surface area contributed by atoms with Gasteiger partial charge in [-0.3, -0.25) is 0 Å². The fourth-order valence-electron chi connectivity index (χ4n) is 2.39. The first-order chi connectivity index (χ1) is 8.72. The van der Waals surface area contributed by atoms with Crippen LogP contribution in [0.25, 0.3) is 0 Å². The Morgan fingerprint density at radius 3 is 2.28 bits per heavy atom. The van der Waals surface area contributed by atoms with Crippen LogP contribution in [0.15, 0.2) is 61.2 Å². The van der Waals surface area contributed by atoms with Gasteiger partial charge >= 0.3 is 0 Å². The molecule has 0 atom stereocenters. The van der Waals surface area contributed by atoms with Gasteiger partial charge in [-0.25, -0.2) is 0 Å². The van der Waals surface area contributed by atoms with Gasteiger partial charge < -0.3 is 0 Å². The predicted molar refractivity (Wildman–Crippen MR) is 82.4 cm³/mol. The lowest BCUT2D eigenvalue weighted by molar-refractivity contribution is 1.47. The van der Waals surface area contributed by atoms with E-state index in [1.54, 1.807) is 0 Å². The van der Waals surface area contributed by atoms with Gasteiger partial charge in [0.15, 0.2) is 0 Å². The molecule has 0 fully saturated rings. The first-order valence-corrected chi connectivity index (χ1v) is 6.45. The third-order valence-electron chi connectivity index (χ3n) is 3.45. The topological polar surface area (TPSA) is 0 Å². The van der Waals surface area contributed by atoms with Gasteiger partial charge in [-0.05, 0) is 20.2 Å². The van der Waals surface area contributed by atoms with Crippen molar-refractivity contribution in [1.29, 1.82) is 0 Å². The summed E-state index contributed by atoms with van der Waals surface area (Å²) >= 11 is 0. The maximum Gasteiger partial charge on any atom is 0.213 e. The van der Waals surface area contributed by atoms with E-state index in [2.05, 4.69) is 69.0 Å². The highest BCUT2D eigenvalue weighted by atomic mass is 14.0. The molecule has 0 aromatic heterocycles. The molecule has 2 aromatic rings. The molecule has 0 radical (unpaired) electrons. The van der Waals surface area contributed by atoms with Crippen LogP contribution in [-0.4, -0.2) is 6.71 Å². The third-order valence-corrected chi connectivity index (χ3v) is 3.45. The van der Waals surface area contributed by atoms with Gasteiger partial charge in [0.25, 0.3) is 0 Å². The van der Waals surface area contributed by atoms with E-state index >= 15 is 0 Å². The molecule has 0 aliphatic heterocycles. The molecule has 1 heteroatoms. The Bertz CT molecular complexity index is 526. The number of allylic oxidation sites excluding steroid dienone is 1. The van der Waals surface area contributed by atoms with Gasteiger partial charge in [-0.15, -0.1) is 6.58 Å². The van der Waals surface area contributed by atoms with Gasteiger partial charge in [-0.1, -0.05) is 76.7 Å². The second-order valence-corrected chi connectivity index (χ2v) is 4.84. The Hall–Kier alpha value is -1.76. The second-order valence-electron chi connectivity index (χ2n) is 4.84. The smallest absolute Gasteiger partial charge is 0.104 e. The molecule has 0 aliphatic carbocycles. The highest BCUT2D eigenvalue weighted by Gasteiger charge is 2.18. The van der Waals surface area contributed by atoms with Gasteiger partial charge in [0, 0.05) is 0 Å². The molecule has 2 aromatic carbocycles. The lowest BCUT2D eigenvalue weighted by Crippen LogP contribution is -2.42. The van der Waals surface area contributed by atoms with E-state index in [4.69, 9.17) is 0 Å². The summed E-state index contributed by atoms with van der Waals surface area (Å²) in [7, 11) is 0. The Morgan fingerprint density at radius 2 is 1.67 bits per heavy atom. The fourth-order valence-corrected chi connectivity index (χ4v) is 2.39. The molecular formula is C17H19B. The maximum absolute atomic E-state index is 3.90. The summed E-state index contributed by atoms with van der Waals surface area (Å²) < 4.78 is 0. The van der Waals surface area contributed by atoms with E-state index in [0.29, 0.717) is 6.71 Å². The third kappa shape index (κ3) is 2.73. The van der Waals surface area contributed by atoms with Crippen LogP contribution in [-0.2, 0) is 0 Å². The van der Waals surface area contributed by atoms with Crippen molar-refractivity contribution in [2.24, 2.45) is 0 Å². The number of benzene rings is 2. The van der Waals surface area contributed by atoms with E-state index in [-0.39, 0.29) is 0 Å². The van der Waals surface area contributed by atoms with Crippen molar-refractivity contribution in [3.63, 3.8) is 0 Å². The second kappa shape index (κ2) is 5.73. The zero-order valence-electron chi connectivity index (χ0n) is 11.2. The van der Waals surface area contributed by atoms with Crippen LogP contribution in [0.1, 0.15) is 11.1 Å². The average molecular weight is 234 g/mol. The van der Waals surface area contributed by atoms with Crippen molar-refractivity contribution < 1.29 is 0 Å². The Balaban J connectivity index is 2.43. The molecule has 0 amide bonds. The molecule has 0 N–H and O–H groups in total. The maximum atomic E-state index is 3.90. The number of hydrogen-bond acceptors (Lipinski definition) is 0. The van der Waals surface area contributed by atoms with Crippen LogP contribution in [0.4, 0.5) is 0 Å².